The van der Waals surface area contributed by atoms with Gasteiger partial charge in [-0.1, -0.05) is 19.1 Å². The van der Waals surface area contributed by atoms with E-state index in [-0.39, 0.29) is 0 Å². The highest BCUT2D eigenvalue weighted by molar-refractivity contribution is 5.79. The minimum absolute atomic E-state index is 0.604. The van der Waals surface area contributed by atoms with E-state index in [0.29, 0.717) is 6.04 Å². The lowest BCUT2D eigenvalue weighted by Crippen LogP contribution is -2.46. The number of ether oxygens (including phenoxy) is 1. The van der Waals surface area contributed by atoms with E-state index < -0.39 is 0 Å². The van der Waals surface area contributed by atoms with Crippen LogP contribution < -0.4 is 15.4 Å². The fraction of sp³-hybridized carbons (Fsp3) is 0.632. The number of likely N-dealkylation sites (tertiary alicyclic amines) is 1. The monoisotopic (exact) mass is 332 g/mol. The Bertz CT molecular complexity index is 495. The molecule has 0 saturated carbocycles. The maximum Gasteiger partial charge on any atom is 0.191 e. The highest BCUT2D eigenvalue weighted by Gasteiger charge is 2.20. The summed E-state index contributed by atoms with van der Waals surface area (Å²) in [5.74, 6) is 1.79. The van der Waals surface area contributed by atoms with Crippen molar-refractivity contribution >= 4 is 5.96 Å². The van der Waals surface area contributed by atoms with Crippen molar-refractivity contribution in [2.45, 2.75) is 38.6 Å². The maximum absolute atomic E-state index is 5.19. The summed E-state index contributed by atoms with van der Waals surface area (Å²) in [6, 6.07) is 8.83. The van der Waals surface area contributed by atoms with Crippen LogP contribution in [0.25, 0.3) is 0 Å². The molecular weight excluding hydrogens is 300 g/mol. The molecule has 1 aromatic rings. The molecule has 24 heavy (non-hydrogen) atoms. The van der Waals surface area contributed by atoms with E-state index in [2.05, 4.69) is 39.6 Å². The van der Waals surface area contributed by atoms with E-state index in [1.165, 1.54) is 37.9 Å². The molecule has 2 rings (SSSR count). The van der Waals surface area contributed by atoms with Gasteiger partial charge in [0, 0.05) is 26.2 Å². The number of rotatable bonds is 8. The predicted octanol–water partition coefficient (Wildman–Crippen LogP) is 2.28. The third-order valence-corrected chi connectivity index (χ3v) is 4.72. The zero-order valence-corrected chi connectivity index (χ0v) is 15.3. The molecule has 1 fully saturated rings. The van der Waals surface area contributed by atoms with E-state index in [1.807, 2.05) is 19.2 Å². The van der Waals surface area contributed by atoms with Crippen LogP contribution in [-0.4, -0.2) is 57.2 Å². The predicted molar refractivity (Wildman–Crippen MR) is 101 cm³/mol. The molecule has 0 amide bonds. The number of methoxy groups -OCH3 is 1. The Morgan fingerprint density at radius 3 is 2.50 bits per heavy atom. The molecule has 1 aliphatic heterocycles. The summed E-state index contributed by atoms with van der Waals surface area (Å²) in [7, 11) is 3.53. The lowest BCUT2D eigenvalue weighted by Gasteiger charge is -2.27. The highest BCUT2D eigenvalue weighted by atomic mass is 16.5. The third kappa shape index (κ3) is 5.71. The average Bonchev–Trinajstić information content (AvgIpc) is 3.15. The van der Waals surface area contributed by atoms with Gasteiger partial charge < -0.3 is 15.4 Å². The Balaban J connectivity index is 1.71. The number of hydrogen-bond donors (Lipinski definition) is 2. The number of benzene rings is 1. The van der Waals surface area contributed by atoms with Crippen LogP contribution in [0.15, 0.2) is 29.3 Å². The minimum Gasteiger partial charge on any atom is -0.497 e. The molecule has 1 atom stereocenters. The summed E-state index contributed by atoms with van der Waals surface area (Å²) in [4.78, 5) is 6.93. The number of nitrogens with one attached hydrogen (secondary N) is 2. The minimum atomic E-state index is 0.604. The second kappa shape index (κ2) is 10.2. The van der Waals surface area contributed by atoms with Gasteiger partial charge in [0.25, 0.3) is 0 Å². The molecule has 0 spiro atoms. The molecule has 1 unspecified atom stereocenters. The van der Waals surface area contributed by atoms with Gasteiger partial charge in [0.2, 0.25) is 0 Å². The van der Waals surface area contributed by atoms with E-state index in [4.69, 9.17) is 4.74 Å². The Morgan fingerprint density at radius 1 is 1.21 bits per heavy atom. The van der Waals surface area contributed by atoms with E-state index in [0.717, 1.165) is 31.2 Å². The summed E-state index contributed by atoms with van der Waals surface area (Å²) in [5.41, 5.74) is 1.29. The Morgan fingerprint density at radius 2 is 1.92 bits per heavy atom. The van der Waals surface area contributed by atoms with Gasteiger partial charge in [0.15, 0.2) is 5.96 Å². The second-order valence-electron chi connectivity index (χ2n) is 6.28. The zero-order chi connectivity index (χ0) is 17.2. The van der Waals surface area contributed by atoms with Gasteiger partial charge >= 0.3 is 0 Å². The number of nitrogens with zero attached hydrogens (tertiary/aromatic N) is 2. The first-order valence-electron chi connectivity index (χ1n) is 9.08. The molecule has 2 N–H and O–H groups in total. The van der Waals surface area contributed by atoms with Crippen molar-refractivity contribution in [2.24, 2.45) is 4.99 Å². The van der Waals surface area contributed by atoms with Crippen LogP contribution in [-0.2, 0) is 6.42 Å². The van der Waals surface area contributed by atoms with Crippen molar-refractivity contribution in [1.29, 1.82) is 0 Å². The van der Waals surface area contributed by atoms with Crippen molar-refractivity contribution in [1.82, 2.24) is 15.5 Å². The number of hydrogen-bond acceptors (Lipinski definition) is 3. The van der Waals surface area contributed by atoms with Crippen LogP contribution >= 0.6 is 0 Å². The Hall–Kier alpha value is -1.75. The molecule has 1 aliphatic rings. The lowest BCUT2D eigenvalue weighted by atomic mass is 10.1. The topological polar surface area (TPSA) is 48.9 Å². The summed E-state index contributed by atoms with van der Waals surface area (Å²) in [6.07, 6.45) is 4.82. The average molecular weight is 332 g/mol. The van der Waals surface area contributed by atoms with Gasteiger partial charge in [-0.25, -0.2) is 0 Å². The van der Waals surface area contributed by atoms with Crippen LogP contribution in [0.3, 0.4) is 0 Å². The molecule has 0 aliphatic carbocycles. The van der Waals surface area contributed by atoms with Gasteiger partial charge in [0.05, 0.1) is 7.11 Å². The van der Waals surface area contributed by atoms with Crippen LogP contribution in [0.5, 0.6) is 5.75 Å². The maximum atomic E-state index is 5.19. The van der Waals surface area contributed by atoms with E-state index >= 15 is 0 Å². The van der Waals surface area contributed by atoms with Gasteiger partial charge in [-0.15, -0.1) is 0 Å². The number of guanidine groups is 1. The molecule has 5 heteroatoms. The zero-order valence-electron chi connectivity index (χ0n) is 15.3. The van der Waals surface area contributed by atoms with E-state index in [9.17, 15) is 0 Å². The smallest absolute Gasteiger partial charge is 0.191 e. The molecular formula is C19H32N4O. The first kappa shape index (κ1) is 18.6. The van der Waals surface area contributed by atoms with Crippen LogP contribution in [0, 0.1) is 0 Å². The summed E-state index contributed by atoms with van der Waals surface area (Å²) in [6.45, 7) is 6.57. The van der Waals surface area contributed by atoms with Crippen molar-refractivity contribution in [3.63, 3.8) is 0 Å². The molecule has 1 heterocycles. The molecule has 0 bridgehead atoms. The third-order valence-electron chi connectivity index (χ3n) is 4.72. The Labute approximate surface area is 146 Å². The molecule has 0 aromatic heterocycles. The summed E-state index contributed by atoms with van der Waals surface area (Å²) in [5, 5.41) is 6.88. The van der Waals surface area contributed by atoms with Crippen molar-refractivity contribution < 1.29 is 4.74 Å². The van der Waals surface area contributed by atoms with Gasteiger partial charge in [-0.05, 0) is 56.5 Å². The summed E-state index contributed by atoms with van der Waals surface area (Å²) < 4.78 is 5.19. The van der Waals surface area contributed by atoms with Gasteiger partial charge in [-0.2, -0.15) is 0 Å². The molecule has 5 nitrogen and oxygen atoms in total. The fourth-order valence-corrected chi connectivity index (χ4v) is 3.19. The molecule has 1 aromatic carbocycles. The molecule has 134 valence electrons. The fourth-order valence-electron chi connectivity index (χ4n) is 3.19. The van der Waals surface area contributed by atoms with E-state index in [1.54, 1.807) is 7.11 Å². The SMILES string of the molecule is CCC(CNC(=NC)NCCc1ccc(OC)cc1)N1CCCC1. The van der Waals surface area contributed by atoms with Crippen LogP contribution in [0.1, 0.15) is 31.7 Å². The first-order valence-corrected chi connectivity index (χ1v) is 9.08. The van der Waals surface area contributed by atoms with Crippen molar-refractivity contribution in [2.75, 3.05) is 40.3 Å². The van der Waals surface area contributed by atoms with Crippen molar-refractivity contribution in [3.05, 3.63) is 29.8 Å². The molecule has 0 radical (unpaired) electrons. The molecule has 1 saturated heterocycles. The first-order chi connectivity index (χ1) is 11.8. The second-order valence-corrected chi connectivity index (χ2v) is 6.28. The van der Waals surface area contributed by atoms with Crippen molar-refractivity contribution in [3.8, 4) is 5.75 Å². The normalized spacial score (nSPS) is 16.9. The standard InChI is InChI=1S/C19H32N4O/c1-4-17(23-13-5-6-14-23)15-22-19(20-2)21-12-11-16-7-9-18(24-3)10-8-16/h7-10,17H,4-6,11-15H2,1-3H3,(H2,20,21,22). The van der Waals surface area contributed by atoms with Crippen LogP contribution in [0.2, 0.25) is 0 Å². The van der Waals surface area contributed by atoms with Gasteiger partial charge in [0.1, 0.15) is 5.75 Å². The lowest BCUT2D eigenvalue weighted by molar-refractivity contribution is 0.236. The Kier molecular flexibility index (Phi) is 7.89. The summed E-state index contributed by atoms with van der Waals surface area (Å²) >= 11 is 0. The largest absolute Gasteiger partial charge is 0.497 e. The quantitative estimate of drug-likeness (QED) is 0.566. The number of aliphatic imine (C=N–C) groups is 1. The van der Waals surface area contributed by atoms with Gasteiger partial charge in [-0.3, -0.25) is 9.89 Å². The van der Waals surface area contributed by atoms with Crippen LogP contribution in [0.4, 0.5) is 0 Å². The highest BCUT2D eigenvalue weighted by Crippen LogP contribution is 2.13.